The molecule has 0 aromatic carbocycles. The Kier molecular flexibility index (Phi) is 5.85. The zero-order chi connectivity index (χ0) is 22.9. The molecule has 0 aliphatic heterocycles. The average Bonchev–Trinajstić information content (AvgIpc) is 3.31. The number of nitrogens with one attached hydrogen (secondary N) is 2. The van der Waals surface area contributed by atoms with Crippen LogP contribution in [0.1, 0.15) is 59.4 Å². The molecular weight excluding hydrogens is 429 g/mol. The summed E-state index contributed by atoms with van der Waals surface area (Å²) in [6.07, 6.45) is 1.42. The van der Waals surface area contributed by atoms with E-state index in [-0.39, 0.29) is 24.9 Å². The van der Waals surface area contributed by atoms with E-state index >= 15 is 0 Å². The van der Waals surface area contributed by atoms with Crippen molar-refractivity contribution >= 4 is 17.5 Å². The fraction of sp³-hybridized carbons (Fsp3) is 0.450. The third-order valence-corrected chi connectivity index (χ3v) is 5.20. The predicted octanol–water partition coefficient (Wildman–Crippen LogP) is 2.73. The van der Waals surface area contributed by atoms with Gasteiger partial charge in [0.15, 0.2) is 5.65 Å². The monoisotopic (exact) mass is 450 g/mol. The van der Waals surface area contributed by atoms with Crippen molar-refractivity contribution in [2.24, 2.45) is 5.92 Å². The van der Waals surface area contributed by atoms with Crippen molar-refractivity contribution in [2.75, 3.05) is 0 Å². The fourth-order valence-electron chi connectivity index (χ4n) is 3.15. The van der Waals surface area contributed by atoms with Crippen LogP contribution in [0.25, 0.3) is 5.65 Å². The van der Waals surface area contributed by atoms with Gasteiger partial charge in [0.05, 0.1) is 36.2 Å². The maximum Gasteiger partial charge on any atom is 0.392 e. The summed E-state index contributed by atoms with van der Waals surface area (Å²) in [7, 11) is 0. The predicted molar refractivity (Wildman–Crippen MR) is 104 cm³/mol. The van der Waals surface area contributed by atoms with Gasteiger partial charge in [-0.25, -0.2) is 9.50 Å². The first-order valence-corrected chi connectivity index (χ1v) is 10.1. The van der Waals surface area contributed by atoms with Gasteiger partial charge in [-0.15, -0.1) is 0 Å². The van der Waals surface area contributed by atoms with Gasteiger partial charge in [0.1, 0.15) is 11.8 Å². The minimum Gasteiger partial charge on any atom is -0.364 e. The number of amides is 2. The summed E-state index contributed by atoms with van der Waals surface area (Å²) in [5.74, 6) is -2.42. The number of alkyl halides is 3. The molecule has 32 heavy (non-hydrogen) atoms. The molecule has 1 aliphatic carbocycles. The minimum atomic E-state index is -4.41. The van der Waals surface area contributed by atoms with E-state index < -0.39 is 24.4 Å². The van der Waals surface area contributed by atoms with E-state index in [1.54, 1.807) is 12.3 Å². The highest BCUT2D eigenvalue weighted by molar-refractivity contribution is 5.95. The highest BCUT2D eigenvalue weighted by atomic mass is 19.4. The van der Waals surface area contributed by atoms with Crippen molar-refractivity contribution < 1.29 is 27.3 Å². The Labute approximate surface area is 180 Å². The first-order chi connectivity index (χ1) is 15.2. The molecule has 3 aromatic rings. The van der Waals surface area contributed by atoms with E-state index in [4.69, 9.17) is 4.52 Å². The summed E-state index contributed by atoms with van der Waals surface area (Å²) in [6.45, 7) is 1.16. The molecular formula is C20H21F3N6O3. The van der Waals surface area contributed by atoms with Crippen LogP contribution in [0.5, 0.6) is 0 Å². The van der Waals surface area contributed by atoms with E-state index in [9.17, 15) is 22.8 Å². The molecule has 0 saturated heterocycles. The Morgan fingerprint density at radius 2 is 2.06 bits per heavy atom. The van der Waals surface area contributed by atoms with Crippen LogP contribution in [0.4, 0.5) is 13.2 Å². The number of rotatable bonds is 8. The largest absolute Gasteiger partial charge is 0.392 e. The Bertz CT molecular complexity index is 1140. The van der Waals surface area contributed by atoms with Gasteiger partial charge in [0.2, 0.25) is 5.91 Å². The molecule has 1 aliphatic rings. The molecule has 12 heteroatoms. The van der Waals surface area contributed by atoms with Crippen LogP contribution in [0, 0.1) is 5.92 Å². The van der Waals surface area contributed by atoms with E-state index in [1.165, 1.54) is 17.0 Å². The number of carbonyl (C=O) groups is 2. The molecule has 1 unspecified atom stereocenters. The second-order valence-corrected chi connectivity index (χ2v) is 7.89. The summed E-state index contributed by atoms with van der Waals surface area (Å²) in [6, 6.07) is 1.66. The molecule has 170 valence electrons. The second kappa shape index (κ2) is 8.60. The van der Waals surface area contributed by atoms with Crippen LogP contribution in [0.2, 0.25) is 0 Å². The third kappa shape index (κ3) is 5.06. The van der Waals surface area contributed by atoms with Crippen molar-refractivity contribution in [1.82, 2.24) is 30.4 Å². The number of aromatic nitrogens is 4. The fourth-order valence-corrected chi connectivity index (χ4v) is 3.15. The minimum absolute atomic E-state index is 0.0310. The lowest BCUT2D eigenvalue weighted by Crippen LogP contribution is -2.29. The third-order valence-electron chi connectivity index (χ3n) is 5.20. The molecule has 3 heterocycles. The molecule has 1 atom stereocenters. The van der Waals surface area contributed by atoms with Gasteiger partial charge in [0.25, 0.3) is 5.91 Å². The molecule has 0 radical (unpaired) electrons. The first kappa shape index (κ1) is 21.8. The lowest BCUT2D eigenvalue weighted by molar-refractivity contribution is -0.174. The van der Waals surface area contributed by atoms with E-state index in [2.05, 4.69) is 25.9 Å². The van der Waals surface area contributed by atoms with Crippen molar-refractivity contribution in [2.45, 2.75) is 51.4 Å². The van der Waals surface area contributed by atoms with Crippen LogP contribution >= 0.6 is 0 Å². The van der Waals surface area contributed by atoms with Crippen molar-refractivity contribution in [1.29, 1.82) is 0 Å². The summed E-state index contributed by atoms with van der Waals surface area (Å²) in [5.41, 5.74) is 2.73. The van der Waals surface area contributed by atoms with Crippen molar-refractivity contribution in [3.63, 3.8) is 0 Å². The van der Waals surface area contributed by atoms with Crippen LogP contribution in [-0.4, -0.2) is 37.7 Å². The zero-order valence-corrected chi connectivity index (χ0v) is 17.1. The molecule has 2 amide bonds. The summed E-state index contributed by atoms with van der Waals surface area (Å²) >= 11 is 0. The number of hydrogen-bond donors (Lipinski definition) is 2. The highest BCUT2D eigenvalue weighted by Crippen LogP contribution is 2.40. The molecule has 1 fully saturated rings. The smallest absolute Gasteiger partial charge is 0.364 e. The molecule has 1 saturated carbocycles. The molecule has 0 bridgehead atoms. The van der Waals surface area contributed by atoms with Crippen LogP contribution in [0.15, 0.2) is 29.2 Å². The number of nitrogens with zero attached hydrogens (tertiary/aromatic N) is 4. The first-order valence-electron chi connectivity index (χ1n) is 10.1. The molecule has 4 rings (SSSR count). The topological polar surface area (TPSA) is 114 Å². The Hall–Kier alpha value is -3.44. The number of halogens is 3. The zero-order valence-electron chi connectivity index (χ0n) is 17.1. The molecule has 9 nitrogen and oxygen atoms in total. The number of fused-ring (bicyclic) bond motifs is 1. The van der Waals surface area contributed by atoms with Gasteiger partial charge < -0.3 is 15.2 Å². The lowest BCUT2D eigenvalue weighted by atomic mass is 10.1. The summed E-state index contributed by atoms with van der Waals surface area (Å²) < 4.78 is 44.1. The molecule has 0 spiro atoms. The Morgan fingerprint density at radius 3 is 2.78 bits per heavy atom. The Morgan fingerprint density at radius 1 is 1.28 bits per heavy atom. The summed E-state index contributed by atoms with van der Waals surface area (Å²) in [5, 5.41) is 13.3. The maximum absolute atomic E-state index is 12.6. The van der Waals surface area contributed by atoms with Crippen LogP contribution in [0.3, 0.4) is 0 Å². The molecule has 2 N–H and O–H groups in total. The van der Waals surface area contributed by atoms with Crippen molar-refractivity contribution in [3.8, 4) is 0 Å². The maximum atomic E-state index is 12.6. The van der Waals surface area contributed by atoms with E-state index in [1.807, 2.05) is 0 Å². The van der Waals surface area contributed by atoms with Gasteiger partial charge in [-0.1, -0.05) is 12.1 Å². The van der Waals surface area contributed by atoms with Crippen LogP contribution in [-0.2, 0) is 17.9 Å². The highest BCUT2D eigenvalue weighted by Gasteiger charge is 2.37. The van der Waals surface area contributed by atoms with Gasteiger partial charge in [-0.2, -0.15) is 18.3 Å². The van der Waals surface area contributed by atoms with Gasteiger partial charge in [-0.3, -0.25) is 9.59 Å². The average molecular weight is 450 g/mol. The van der Waals surface area contributed by atoms with Gasteiger partial charge in [0, 0.05) is 18.9 Å². The summed E-state index contributed by atoms with van der Waals surface area (Å²) in [4.78, 5) is 28.6. The van der Waals surface area contributed by atoms with E-state index in [0.29, 0.717) is 28.2 Å². The van der Waals surface area contributed by atoms with E-state index in [0.717, 1.165) is 19.8 Å². The standard InChI is InChI=1S/C20H21F3N6O3/c1-11(20(21,22)23)4-17(30)24-6-12-5-16-27-14(9-29(16)26-7-12)8-25-19(31)15-10-32-28-18(15)13-2-3-13/h5,7,9-11,13H,2-4,6,8H2,1H3,(H,24,30)(H,25,31). The SMILES string of the molecule is CC(CC(=O)NCc1cnn2cc(CNC(=O)c3conc3C3CC3)nc2c1)C(F)(F)F. The van der Waals surface area contributed by atoms with Crippen LogP contribution < -0.4 is 10.6 Å². The Balaban J connectivity index is 1.33. The molecule has 3 aromatic heterocycles. The second-order valence-electron chi connectivity index (χ2n) is 7.89. The quantitative estimate of drug-likeness (QED) is 0.546. The van der Waals surface area contributed by atoms with Crippen molar-refractivity contribution in [3.05, 3.63) is 47.2 Å². The van der Waals surface area contributed by atoms with Gasteiger partial charge >= 0.3 is 6.18 Å². The number of imidazole rings is 1. The van der Waals surface area contributed by atoms with Gasteiger partial charge in [-0.05, 0) is 24.5 Å². The normalized spacial score (nSPS) is 15.0. The number of hydrogen-bond acceptors (Lipinski definition) is 6. The lowest BCUT2D eigenvalue weighted by Gasteiger charge is -2.14. The number of carbonyl (C=O) groups excluding carboxylic acids is 2.